The third kappa shape index (κ3) is 3.56. The average molecular weight is 257 g/mol. The second-order valence-corrected chi connectivity index (χ2v) is 4.26. The van der Waals surface area contributed by atoms with Crippen LogP contribution in [0.5, 0.6) is 11.5 Å². The molecule has 2 rings (SSSR count). The van der Waals surface area contributed by atoms with Gasteiger partial charge in [-0.05, 0) is 18.7 Å². The summed E-state index contributed by atoms with van der Waals surface area (Å²) in [4.78, 5) is 0. The Morgan fingerprint density at radius 2 is 1.53 bits per heavy atom. The Bertz CT molecular complexity index is 526. The molecule has 19 heavy (non-hydrogen) atoms. The summed E-state index contributed by atoms with van der Waals surface area (Å²) in [5, 5.41) is 12.6. The van der Waals surface area contributed by atoms with E-state index in [1.807, 2.05) is 48.5 Å². The SMILES string of the molecule is CCNCc1ccccc1Oc1ccccc1CO. The standard InChI is InChI=1S/C16H19NO2/c1-2-17-11-13-7-3-5-9-15(13)19-16-10-6-4-8-14(16)12-18/h3-10,17-18H,2,11-12H2,1H3. The molecular formula is C16H19NO2. The fourth-order valence-corrected chi connectivity index (χ4v) is 1.86. The Morgan fingerprint density at radius 1 is 0.947 bits per heavy atom. The summed E-state index contributed by atoms with van der Waals surface area (Å²) in [5.41, 5.74) is 1.90. The third-order valence-electron chi connectivity index (χ3n) is 2.90. The summed E-state index contributed by atoms with van der Waals surface area (Å²) in [6, 6.07) is 15.5. The zero-order valence-corrected chi connectivity index (χ0v) is 11.1. The molecular weight excluding hydrogens is 238 g/mol. The number of nitrogens with one attached hydrogen (secondary N) is 1. The number of rotatable bonds is 6. The molecule has 0 aliphatic heterocycles. The van der Waals surface area contributed by atoms with E-state index in [1.165, 1.54) is 0 Å². The first-order valence-corrected chi connectivity index (χ1v) is 6.50. The van der Waals surface area contributed by atoms with Crippen LogP contribution in [0.15, 0.2) is 48.5 Å². The van der Waals surface area contributed by atoms with Crippen LogP contribution in [0.4, 0.5) is 0 Å². The molecule has 0 saturated carbocycles. The van der Waals surface area contributed by atoms with Gasteiger partial charge in [0, 0.05) is 17.7 Å². The number of aliphatic hydroxyl groups is 1. The molecule has 0 spiro atoms. The average Bonchev–Trinajstić information content (AvgIpc) is 2.47. The van der Waals surface area contributed by atoms with E-state index in [0.29, 0.717) is 5.75 Å². The molecule has 2 aromatic rings. The Morgan fingerprint density at radius 3 is 2.16 bits per heavy atom. The van der Waals surface area contributed by atoms with Crippen LogP contribution in [0.1, 0.15) is 18.1 Å². The molecule has 0 radical (unpaired) electrons. The fourth-order valence-electron chi connectivity index (χ4n) is 1.86. The van der Waals surface area contributed by atoms with Gasteiger partial charge in [0.05, 0.1) is 6.61 Å². The summed E-state index contributed by atoms with van der Waals surface area (Å²) >= 11 is 0. The van der Waals surface area contributed by atoms with Crippen molar-refractivity contribution < 1.29 is 9.84 Å². The van der Waals surface area contributed by atoms with Gasteiger partial charge in [-0.1, -0.05) is 43.3 Å². The maximum atomic E-state index is 9.31. The van der Waals surface area contributed by atoms with Crippen molar-refractivity contribution in [2.24, 2.45) is 0 Å². The number of aliphatic hydroxyl groups excluding tert-OH is 1. The first-order valence-electron chi connectivity index (χ1n) is 6.50. The molecule has 0 aliphatic rings. The van der Waals surface area contributed by atoms with Crippen LogP contribution in [0.25, 0.3) is 0 Å². The summed E-state index contributed by atoms with van der Waals surface area (Å²) in [6.07, 6.45) is 0. The highest BCUT2D eigenvalue weighted by Gasteiger charge is 2.06. The molecule has 0 bridgehead atoms. The van der Waals surface area contributed by atoms with E-state index in [-0.39, 0.29) is 6.61 Å². The van der Waals surface area contributed by atoms with Crippen LogP contribution in [0.3, 0.4) is 0 Å². The molecule has 3 nitrogen and oxygen atoms in total. The monoisotopic (exact) mass is 257 g/mol. The Balaban J connectivity index is 2.22. The van der Waals surface area contributed by atoms with Crippen molar-refractivity contribution in [1.82, 2.24) is 5.32 Å². The minimum Gasteiger partial charge on any atom is -0.457 e. The van der Waals surface area contributed by atoms with Gasteiger partial charge in [-0.2, -0.15) is 0 Å². The lowest BCUT2D eigenvalue weighted by atomic mass is 10.2. The molecule has 0 saturated heterocycles. The predicted molar refractivity (Wildman–Crippen MR) is 76.3 cm³/mol. The summed E-state index contributed by atoms with van der Waals surface area (Å²) in [5.74, 6) is 1.53. The highest BCUT2D eigenvalue weighted by atomic mass is 16.5. The van der Waals surface area contributed by atoms with Crippen molar-refractivity contribution in [1.29, 1.82) is 0 Å². The Kier molecular flexibility index (Phi) is 4.95. The van der Waals surface area contributed by atoms with Crippen molar-refractivity contribution in [2.45, 2.75) is 20.1 Å². The molecule has 2 aromatic carbocycles. The number of hydrogen-bond donors (Lipinski definition) is 2. The predicted octanol–water partition coefficient (Wildman–Crippen LogP) is 3.08. The van der Waals surface area contributed by atoms with E-state index in [4.69, 9.17) is 4.74 Å². The van der Waals surface area contributed by atoms with Gasteiger partial charge in [-0.3, -0.25) is 0 Å². The van der Waals surface area contributed by atoms with Crippen molar-refractivity contribution in [3.63, 3.8) is 0 Å². The molecule has 3 heteroatoms. The molecule has 0 fully saturated rings. The summed E-state index contributed by atoms with van der Waals surface area (Å²) in [6.45, 7) is 3.74. The van der Waals surface area contributed by atoms with Gasteiger partial charge in [0.25, 0.3) is 0 Å². The van der Waals surface area contributed by atoms with E-state index in [2.05, 4.69) is 12.2 Å². The molecule has 0 atom stereocenters. The minimum absolute atomic E-state index is 0.0223. The third-order valence-corrected chi connectivity index (χ3v) is 2.90. The Labute approximate surface area is 113 Å². The molecule has 100 valence electrons. The zero-order valence-electron chi connectivity index (χ0n) is 11.1. The summed E-state index contributed by atoms with van der Waals surface area (Å²) in [7, 11) is 0. The molecule has 0 heterocycles. The number of hydrogen-bond acceptors (Lipinski definition) is 3. The van der Waals surface area contributed by atoms with Crippen LogP contribution in [-0.4, -0.2) is 11.7 Å². The van der Waals surface area contributed by atoms with E-state index >= 15 is 0 Å². The minimum atomic E-state index is -0.0223. The largest absolute Gasteiger partial charge is 0.457 e. The second-order valence-electron chi connectivity index (χ2n) is 4.26. The first kappa shape index (κ1) is 13.6. The van der Waals surface area contributed by atoms with Crippen molar-refractivity contribution in [3.05, 3.63) is 59.7 Å². The molecule has 0 aliphatic carbocycles. The normalized spacial score (nSPS) is 10.4. The van der Waals surface area contributed by atoms with Gasteiger partial charge >= 0.3 is 0 Å². The molecule has 0 amide bonds. The number of ether oxygens (including phenoxy) is 1. The van der Waals surface area contributed by atoms with Crippen molar-refractivity contribution in [2.75, 3.05) is 6.54 Å². The van der Waals surface area contributed by atoms with E-state index in [0.717, 1.165) is 30.0 Å². The smallest absolute Gasteiger partial charge is 0.132 e. The van der Waals surface area contributed by atoms with Gasteiger partial charge in [0.2, 0.25) is 0 Å². The topological polar surface area (TPSA) is 41.5 Å². The van der Waals surface area contributed by atoms with E-state index in [9.17, 15) is 5.11 Å². The van der Waals surface area contributed by atoms with Gasteiger partial charge in [-0.15, -0.1) is 0 Å². The molecule has 2 N–H and O–H groups in total. The second kappa shape index (κ2) is 6.92. The number of benzene rings is 2. The number of para-hydroxylation sites is 2. The fraction of sp³-hybridized carbons (Fsp3) is 0.250. The van der Waals surface area contributed by atoms with Crippen molar-refractivity contribution in [3.8, 4) is 11.5 Å². The highest BCUT2D eigenvalue weighted by molar-refractivity contribution is 5.41. The van der Waals surface area contributed by atoms with Crippen LogP contribution >= 0.6 is 0 Å². The van der Waals surface area contributed by atoms with Crippen LogP contribution < -0.4 is 10.1 Å². The van der Waals surface area contributed by atoms with Gasteiger partial charge in [-0.25, -0.2) is 0 Å². The maximum Gasteiger partial charge on any atom is 0.132 e. The first-order chi connectivity index (χ1) is 9.35. The quantitative estimate of drug-likeness (QED) is 0.835. The molecule has 0 unspecified atom stereocenters. The van der Waals surface area contributed by atoms with Crippen LogP contribution in [-0.2, 0) is 13.2 Å². The van der Waals surface area contributed by atoms with E-state index < -0.39 is 0 Å². The van der Waals surface area contributed by atoms with Crippen LogP contribution in [0, 0.1) is 0 Å². The lowest BCUT2D eigenvalue weighted by Gasteiger charge is -2.13. The van der Waals surface area contributed by atoms with Crippen molar-refractivity contribution >= 4 is 0 Å². The van der Waals surface area contributed by atoms with Gasteiger partial charge in [0.1, 0.15) is 11.5 Å². The Hall–Kier alpha value is -1.84. The maximum absolute atomic E-state index is 9.31. The molecule has 0 aromatic heterocycles. The van der Waals surface area contributed by atoms with Gasteiger partial charge in [0.15, 0.2) is 0 Å². The lowest BCUT2D eigenvalue weighted by Crippen LogP contribution is -2.12. The summed E-state index contributed by atoms with van der Waals surface area (Å²) < 4.78 is 5.93. The lowest BCUT2D eigenvalue weighted by molar-refractivity contribution is 0.276. The highest BCUT2D eigenvalue weighted by Crippen LogP contribution is 2.28. The van der Waals surface area contributed by atoms with Gasteiger partial charge < -0.3 is 15.2 Å². The zero-order chi connectivity index (χ0) is 13.5. The van der Waals surface area contributed by atoms with Crippen LogP contribution in [0.2, 0.25) is 0 Å². The van der Waals surface area contributed by atoms with E-state index in [1.54, 1.807) is 0 Å².